The van der Waals surface area contributed by atoms with Crippen molar-refractivity contribution < 1.29 is 13.5 Å². The van der Waals surface area contributed by atoms with E-state index in [0.29, 0.717) is 0 Å². The summed E-state index contributed by atoms with van der Waals surface area (Å²) < 4.78 is 26.9. The molecular formula is C14H11ClN2O3S. The average Bonchev–Trinajstić information content (AvgIpc) is 2.42. The molecule has 0 spiro atoms. The smallest absolute Gasteiger partial charge is 0.263 e. The lowest BCUT2D eigenvalue weighted by Gasteiger charge is -2.11. The van der Waals surface area contributed by atoms with Gasteiger partial charge in [-0.15, -0.1) is 0 Å². The van der Waals surface area contributed by atoms with Gasteiger partial charge in [0.1, 0.15) is 10.6 Å². The Morgan fingerprint density at radius 2 is 1.95 bits per heavy atom. The number of aromatic hydroxyl groups is 1. The molecule has 21 heavy (non-hydrogen) atoms. The normalized spacial score (nSPS) is 10.9. The number of aryl methyl sites for hydroxylation is 1. The van der Waals surface area contributed by atoms with Crippen molar-refractivity contribution in [3.63, 3.8) is 0 Å². The number of benzene rings is 2. The molecule has 0 bridgehead atoms. The fraction of sp³-hybridized carbons (Fsp3) is 0.0714. The second kappa shape index (κ2) is 5.64. The van der Waals surface area contributed by atoms with Gasteiger partial charge in [0, 0.05) is 0 Å². The number of rotatable bonds is 3. The predicted molar refractivity (Wildman–Crippen MR) is 79.8 cm³/mol. The van der Waals surface area contributed by atoms with E-state index in [1.807, 2.05) is 6.07 Å². The van der Waals surface area contributed by atoms with Crippen molar-refractivity contribution in [2.24, 2.45) is 0 Å². The highest BCUT2D eigenvalue weighted by Crippen LogP contribution is 2.29. The Bertz CT molecular complexity index is 842. The maximum absolute atomic E-state index is 12.3. The zero-order valence-electron chi connectivity index (χ0n) is 11.0. The molecule has 0 saturated carbocycles. The molecule has 108 valence electrons. The summed E-state index contributed by atoms with van der Waals surface area (Å²) in [5.41, 5.74) is 1.01. The van der Waals surface area contributed by atoms with Crippen molar-refractivity contribution in [1.82, 2.24) is 0 Å². The topological polar surface area (TPSA) is 90.2 Å². The van der Waals surface area contributed by atoms with E-state index in [1.165, 1.54) is 30.3 Å². The Hall–Kier alpha value is -2.23. The number of sulfonamides is 1. The Morgan fingerprint density at radius 1 is 1.24 bits per heavy atom. The first kappa shape index (κ1) is 15.2. The van der Waals surface area contributed by atoms with Gasteiger partial charge in [-0.2, -0.15) is 5.26 Å². The van der Waals surface area contributed by atoms with E-state index in [1.54, 1.807) is 13.0 Å². The van der Waals surface area contributed by atoms with Crippen molar-refractivity contribution in [1.29, 1.82) is 5.26 Å². The number of hydrogen-bond donors (Lipinski definition) is 2. The van der Waals surface area contributed by atoms with Gasteiger partial charge >= 0.3 is 0 Å². The third kappa shape index (κ3) is 3.27. The summed E-state index contributed by atoms with van der Waals surface area (Å²) in [7, 11) is -4.01. The number of anilines is 1. The van der Waals surface area contributed by atoms with Gasteiger partial charge in [0.2, 0.25) is 0 Å². The van der Waals surface area contributed by atoms with Gasteiger partial charge < -0.3 is 5.11 Å². The molecule has 2 aromatic carbocycles. The van der Waals surface area contributed by atoms with E-state index in [9.17, 15) is 13.5 Å². The second-order valence-corrected chi connectivity index (χ2v) is 6.44. The van der Waals surface area contributed by atoms with Gasteiger partial charge in [-0.05, 0) is 42.8 Å². The van der Waals surface area contributed by atoms with Crippen LogP contribution in [0.25, 0.3) is 0 Å². The first-order valence-corrected chi connectivity index (χ1v) is 7.71. The summed E-state index contributed by atoms with van der Waals surface area (Å²) in [6, 6.07) is 10.3. The second-order valence-electron chi connectivity index (χ2n) is 4.38. The van der Waals surface area contributed by atoms with Crippen LogP contribution in [0, 0.1) is 18.3 Å². The summed E-state index contributed by atoms with van der Waals surface area (Å²) >= 11 is 5.88. The van der Waals surface area contributed by atoms with Crippen molar-refractivity contribution in [3.8, 4) is 11.8 Å². The molecule has 0 amide bonds. The molecule has 2 N–H and O–H groups in total. The molecule has 0 aliphatic heterocycles. The van der Waals surface area contributed by atoms with Crippen LogP contribution in [0.2, 0.25) is 5.02 Å². The average molecular weight is 323 g/mol. The molecule has 0 heterocycles. The van der Waals surface area contributed by atoms with E-state index in [4.69, 9.17) is 16.9 Å². The molecule has 2 rings (SSSR count). The Balaban J connectivity index is 2.46. The number of nitriles is 1. The SMILES string of the molecule is Cc1ccc(NS(=O)(=O)c2cc(C#N)ccc2Cl)c(O)c1. The van der Waals surface area contributed by atoms with Crippen LogP contribution in [0.15, 0.2) is 41.3 Å². The minimum atomic E-state index is -4.01. The van der Waals surface area contributed by atoms with Gasteiger partial charge in [0.25, 0.3) is 10.0 Å². The van der Waals surface area contributed by atoms with Gasteiger partial charge in [-0.25, -0.2) is 8.42 Å². The van der Waals surface area contributed by atoms with Gasteiger partial charge in [-0.1, -0.05) is 17.7 Å². The zero-order chi connectivity index (χ0) is 15.6. The van der Waals surface area contributed by atoms with Crippen LogP contribution in [0.4, 0.5) is 5.69 Å². The van der Waals surface area contributed by atoms with Crippen LogP contribution in [0.1, 0.15) is 11.1 Å². The maximum Gasteiger partial charge on any atom is 0.263 e. The minimum Gasteiger partial charge on any atom is -0.506 e. The third-order valence-electron chi connectivity index (χ3n) is 2.75. The van der Waals surface area contributed by atoms with Gasteiger partial charge in [0.15, 0.2) is 0 Å². The lowest BCUT2D eigenvalue weighted by Crippen LogP contribution is -2.13. The lowest BCUT2D eigenvalue weighted by molar-refractivity contribution is 0.477. The molecule has 0 radical (unpaired) electrons. The molecule has 0 aliphatic carbocycles. The molecule has 5 nitrogen and oxygen atoms in total. The van der Waals surface area contributed by atoms with Crippen molar-refractivity contribution >= 4 is 27.3 Å². The minimum absolute atomic E-state index is 0.00639. The molecule has 0 atom stereocenters. The highest BCUT2D eigenvalue weighted by atomic mass is 35.5. The first-order valence-electron chi connectivity index (χ1n) is 5.85. The molecule has 0 aliphatic rings. The number of halogens is 1. The molecule has 0 aromatic heterocycles. The summed E-state index contributed by atoms with van der Waals surface area (Å²) in [5.74, 6) is -0.189. The molecular weight excluding hydrogens is 312 g/mol. The van der Waals surface area contributed by atoms with Crippen LogP contribution in [-0.2, 0) is 10.0 Å². The number of nitrogens with one attached hydrogen (secondary N) is 1. The van der Waals surface area contributed by atoms with Crippen LogP contribution in [0.3, 0.4) is 0 Å². The van der Waals surface area contributed by atoms with Gasteiger partial charge in [0.05, 0.1) is 22.3 Å². The number of phenols is 1. The van der Waals surface area contributed by atoms with Crippen molar-refractivity contribution in [2.45, 2.75) is 11.8 Å². The zero-order valence-corrected chi connectivity index (χ0v) is 12.5. The summed E-state index contributed by atoms with van der Waals surface area (Å²) in [6.07, 6.45) is 0. The summed E-state index contributed by atoms with van der Waals surface area (Å²) in [5, 5.41) is 18.6. The third-order valence-corrected chi connectivity index (χ3v) is 4.59. The number of nitrogens with zero attached hydrogens (tertiary/aromatic N) is 1. The van der Waals surface area contributed by atoms with E-state index in [2.05, 4.69) is 4.72 Å². The van der Waals surface area contributed by atoms with E-state index >= 15 is 0 Å². The summed E-state index contributed by atoms with van der Waals surface area (Å²) in [4.78, 5) is -0.219. The van der Waals surface area contributed by atoms with E-state index in [-0.39, 0.29) is 26.9 Å². The first-order chi connectivity index (χ1) is 9.83. The Morgan fingerprint density at radius 3 is 2.57 bits per heavy atom. The van der Waals surface area contributed by atoms with E-state index in [0.717, 1.165) is 5.56 Å². The van der Waals surface area contributed by atoms with Crippen molar-refractivity contribution in [2.75, 3.05) is 4.72 Å². The van der Waals surface area contributed by atoms with E-state index < -0.39 is 10.0 Å². The molecule has 0 fully saturated rings. The fourth-order valence-corrected chi connectivity index (χ4v) is 3.31. The number of phenolic OH excluding ortho intramolecular Hbond substituents is 1. The standard InChI is InChI=1S/C14H11ClN2O3S/c1-9-2-5-12(13(18)6-9)17-21(19,20)14-7-10(8-16)3-4-11(14)15/h2-7,17-18H,1H3. The highest BCUT2D eigenvalue weighted by Gasteiger charge is 2.20. The van der Waals surface area contributed by atoms with Crippen molar-refractivity contribution in [3.05, 3.63) is 52.5 Å². The van der Waals surface area contributed by atoms with Gasteiger partial charge in [-0.3, -0.25) is 4.72 Å². The highest BCUT2D eigenvalue weighted by molar-refractivity contribution is 7.92. The monoisotopic (exact) mass is 322 g/mol. The van der Waals surface area contributed by atoms with Crippen LogP contribution in [0.5, 0.6) is 5.75 Å². The molecule has 0 unspecified atom stereocenters. The summed E-state index contributed by atoms with van der Waals surface area (Å²) in [6.45, 7) is 1.77. The lowest BCUT2D eigenvalue weighted by atomic mass is 10.2. The number of hydrogen-bond acceptors (Lipinski definition) is 4. The largest absolute Gasteiger partial charge is 0.506 e. The van der Waals surface area contributed by atoms with Crippen LogP contribution in [-0.4, -0.2) is 13.5 Å². The predicted octanol–water partition coefficient (Wildman–Crippen LogP) is 3.03. The Labute approximate surface area is 127 Å². The Kier molecular flexibility index (Phi) is 4.07. The van der Waals surface area contributed by atoms with Crippen LogP contribution < -0.4 is 4.72 Å². The maximum atomic E-state index is 12.3. The molecule has 7 heteroatoms. The molecule has 2 aromatic rings. The fourth-order valence-electron chi connectivity index (χ4n) is 1.71. The molecule has 0 saturated heterocycles. The quantitative estimate of drug-likeness (QED) is 0.850. The van der Waals surface area contributed by atoms with Crippen LogP contribution >= 0.6 is 11.6 Å².